The maximum Gasteiger partial charge on any atom is 0.302 e. The Bertz CT molecular complexity index is 145. The minimum Gasteiger partial charge on any atom is -0.465 e. The molecule has 0 aromatic heterocycles. The van der Waals surface area contributed by atoms with Crippen molar-refractivity contribution in [2.24, 2.45) is 5.92 Å². The third-order valence-corrected chi connectivity index (χ3v) is 2.20. The Balaban J connectivity index is 3.86. The minimum atomic E-state index is -0.218. The van der Waals surface area contributed by atoms with Crippen molar-refractivity contribution in [3.05, 3.63) is 0 Å². The lowest BCUT2D eigenvalue weighted by Crippen LogP contribution is -2.25. The van der Waals surface area contributed by atoms with E-state index < -0.39 is 0 Å². The average molecular weight is 188 g/mol. The topological polar surface area (TPSA) is 35.5 Å². The van der Waals surface area contributed by atoms with Crippen molar-refractivity contribution < 1.29 is 14.3 Å². The molecule has 0 spiro atoms. The summed E-state index contributed by atoms with van der Waals surface area (Å²) in [6.07, 6.45) is 2.27. The highest BCUT2D eigenvalue weighted by atomic mass is 16.5. The van der Waals surface area contributed by atoms with Crippen LogP contribution < -0.4 is 0 Å². The van der Waals surface area contributed by atoms with Crippen LogP contribution in [0.5, 0.6) is 0 Å². The van der Waals surface area contributed by atoms with E-state index in [0.717, 1.165) is 12.8 Å². The first-order chi connectivity index (χ1) is 6.11. The highest BCUT2D eigenvalue weighted by Crippen LogP contribution is 2.14. The van der Waals surface area contributed by atoms with Gasteiger partial charge in [-0.15, -0.1) is 0 Å². The van der Waals surface area contributed by atoms with Gasteiger partial charge >= 0.3 is 5.97 Å². The molecule has 0 aromatic carbocycles. The van der Waals surface area contributed by atoms with Crippen molar-refractivity contribution in [3.8, 4) is 0 Å². The Morgan fingerprint density at radius 2 is 2.08 bits per heavy atom. The van der Waals surface area contributed by atoms with Gasteiger partial charge in [0.05, 0.1) is 12.7 Å². The van der Waals surface area contributed by atoms with E-state index in [9.17, 15) is 4.79 Å². The second kappa shape index (κ2) is 6.89. The van der Waals surface area contributed by atoms with Crippen LogP contribution in [-0.2, 0) is 14.3 Å². The summed E-state index contributed by atoms with van der Waals surface area (Å²) >= 11 is 0. The van der Waals surface area contributed by atoms with Gasteiger partial charge in [0.25, 0.3) is 0 Å². The predicted octanol–water partition coefficient (Wildman–Crippen LogP) is 2.00. The highest BCUT2D eigenvalue weighted by Gasteiger charge is 2.17. The van der Waals surface area contributed by atoms with Crippen LogP contribution in [0.3, 0.4) is 0 Å². The van der Waals surface area contributed by atoms with Crippen LogP contribution in [0.4, 0.5) is 0 Å². The largest absolute Gasteiger partial charge is 0.465 e. The molecule has 0 aliphatic heterocycles. The summed E-state index contributed by atoms with van der Waals surface area (Å²) in [6, 6.07) is 0. The van der Waals surface area contributed by atoms with Gasteiger partial charge in [-0.05, 0) is 13.3 Å². The van der Waals surface area contributed by atoms with Gasteiger partial charge < -0.3 is 9.47 Å². The number of carbonyl (C=O) groups is 1. The second-order valence-corrected chi connectivity index (χ2v) is 3.29. The Hall–Kier alpha value is -0.570. The van der Waals surface area contributed by atoms with Crippen LogP contribution in [0.2, 0.25) is 0 Å². The molecular formula is C10H20O3. The number of rotatable bonds is 6. The number of methoxy groups -OCH3 is 1. The third-order valence-electron chi connectivity index (χ3n) is 2.20. The SMILES string of the molecule is CCCC(COC(C)=O)C(C)OC. The molecule has 3 nitrogen and oxygen atoms in total. The van der Waals surface area contributed by atoms with Crippen molar-refractivity contribution in [1.82, 2.24) is 0 Å². The lowest BCUT2D eigenvalue weighted by Gasteiger charge is -2.21. The molecule has 0 N–H and O–H groups in total. The van der Waals surface area contributed by atoms with E-state index in [4.69, 9.17) is 9.47 Å². The summed E-state index contributed by atoms with van der Waals surface area (Å²) in [5, 5.41) is 0. The molecule has 2 unspecified atom stereocenters. The minimum absolute atomic E-state index is 0.152. The summed E-state index contributed by atoms with van der Waals surface area (Å²) in [4.78, 5) is 10.6. The molecule has 3 heteroatoms. The molecule has 0 saturated heterocycles. The Labute approximate surface area is 80.4 Å². The number of carbonyl (C=O) groups excluding carboxylic acids is 1. The molecule has 0 saturated carbocycles. The first-order valence-corrected chi connectivity index (χ1v) is 4.78. The summed E-state index contributed by atoms with van der Waals surface area (Å²) < 4.78 is 10.2. The normalized spacial score (nSPS) is 15.1. The van der Waals surface area contributed by atoms with Gasteiger partial charge in [0.15, 0.2) is 0 Å². The Morgan fingerprint density at radius 1 is 1.46 bits per heavy atom. The fourth-order valence-corrected chi connectivity index (χ4v) is 1.24. The zero-order chi connectivity index (χ0) is 10.3. The number of esters is 1. The molecule has 78 valence electrons. The molecule has 13 heavy (non-hydrogen) atoms. The lowest BCUT2D eigenvalue weighted by molar-refractivity contribution is -0.143. The summed E-state index contributed by atoms with van der Waals surface area (Å²) in [6.45, 7) is 6.02. The summed E-state index contributed by atoms with van der Waals surface area (Å²) in [7, 11) is 1.68. The molecule has 0 bridgehead atoms. The Kier molecular flexibility index (Phi) is 6.59. The highest BCUT2D eigenvalue weighted by molar-refractivity contribution is 5.65. The zero-order valence-electron chi connectivity index (χ0n) is 9.00. The fourth-order valence-electron chi connectivity index (χ4n) is 1.24. The van der Waals surface area contributed by atoms with Crippen molar-refractivity contribution in [2.75, 3.05) is 13.7 Å². The van der Waals surface area contributed by atoms with Gasteiger partial charge in [-0.25, -0.2) is 0 Å². The van der Waals surface area contributed by atoms with Gasteiger partial charge in [-0.1, -0.05) is 13.3 Å². The lowest BCUT2D eigenvalue weighted by atomic mass is 9.99. The molecule has 0 heterocycles. The average Bonchev–Trinajstić information content (AvgIpc) is 2.10. The standard InChI is InChI=1S/C10H20O3/c1-5-6-10(8(2)12-4)7-13-9(3)11/h8,10H,5-7H2,1-4H3. The van der Waals surface area contributed by atoms with Crippen LogP contribution in [0.1, 0.15) is 33.6 Å². The van der Waals surface area contributed by atoms with Crippen molar-refractivity contribution in [1.29, 1.82) is 0 Å². The molecule has 0 aliphatic carbocycles. The van der Waals surface area contributed by atoms with E-state index in [0.29, 0.717) is 12.5 Å². The third kappa shape index (κ3) is 5.64. The first kappa shape index (κ1) is 12.4. The molecule has 0 aliphatic rings. The van der Waals surface area contributed by atoms with Crippen LogP contribution in [0, 0.1) is 5.92 Å². The molecule has 0 amide bonds. The van der Waals surface area contributed by atoms with Crippen LogP contribution in [-0.4, -0.2) is 25.8 Å². The van der Waals surface area contributed by atoms with Crippen molar-refractivity contribution in [3.63, 3.8) is 0 Å². The van der Waals surface area contributed by atoms with Gasteiger partial charge in [0.1, 0.15) is 0 Å². The van der Waals surface area contributed by atoms with E-state index in [1.165, 1.54) is 6.92 Å². The van der Waals surface area contributed by atoms with Gasteiger partial charge in [0, 0.05) is 20.0 Å². The predicted molar refractivity (Wildman–Crippen MR) is 51.5 cm³/mol. The van der Waals surface area contributed by atoms with Gasteiger partial charge in [-0.2, -0.15) is 0 Å². The summed E-state index contributed by atoms with van der Waals surface area (Å²) in [5.41, 5.74) is 0. The molecule has 0 radical (unpaired) electrons. The molecule has 0 rings (SSSR count). The smallest absolute Gasteiger partial charge is 0.302 e. The molecular weight excluding hydrogens is 168 g/mol. The molecule has 2 atom stereocenters. The maximum absolute atomic E-state index is 10.6. The van der Waals surface area contributed by atoms with E-state index in [2.05, 4.69) is 6.92 Å². The zero-order valence-corrected chi connectivity index (χ0v) is 9.00. The Morgan fingerprint density at radius 3 is 2.46 bits per heavy atom. The van der Waals surface area contributed by atoms with Crippen LogP contribution >= 0.6 is 0 Å². The van der Waals surface area contributed by atoms with E-state index in [1.807, 2.05) is 6.92 Å². The number of hydrogen-bond donors (Lipinski definition) is 0. The molecule has 0 fully saturated rings. The molecule has 0 aromatic rings. The number of ether oxygens (including phenoxy) is 2. The van der Waals surface area contributed by atoms with E-state index in [-0.39, 0.29) is 12.1 Å². The maximum atomic E-state index is 10.6. The van der Waals surface area contributed by atoms with E-state index >= 15 is 0 Å². The monoisotopic (exact) mass is 188 g/mol. The van der Waals surface area contributed by atoms with E-state index in [1.54, 1.807) is 7.11 Å². The second-order valence-electron chi connectivity index (χ2n) is 3.29. The van der Waals surface area contributed by atoms with Crippen LogP contribution in [0.15, 0.2) is 0 Å². The fraction of sp³-hybridized carbons (Fsp3) is 0.900. The van der Waals surface area contributed by atoms with Crippen molar-refractivity contribution in [2.45, 2.75) is 39.7 Å². The van der Waals surface area contributed by atoms with Crippen molar-refractivity contribution >= 4 is 5.97 Å². The van der Waals surface area contributed by atoms with Crippen LogP contribution in [0.25, 0.3) is 0 Å². The van der Waals surface area contributed by atoms with Gasteiger partial charge in [0.2, 0.25) is 0 Å². The number of hydrogen-bond acceptors (Lipinski definition) is 3. The van der Waals surface area contributed by atoms with Gasteiger partial charge in [-0.3, -0.25) is 4.79 Å². The first-order valence-electron chi connectivity index (χ1n) is 4.78. The quantitative estimate of drug-likeness (QED) is 0.598. The summed E-state index contributed by atoms with van der Waals surface area (Å²) in [5.74, 6) is 0.100.